The molecule has 2 heteroatoms. The molecule has 1 unspecified atom stereocenters. The molecule has 0 amide bonds. The fraction of sp³-hybridized carbons (Fsp3) is 0.267. The van der Waals surface area contributed by atoms with Gasteiger partial charge in [0.2, 0.25) is 0 Å². The molecule has 0 bridgehead atoms. The molecule has 1 atom stereocenters. The first kappa shape index (κ1) is 11.8. The van der Waals surface area contributed by atoms with E-state index >= 15 is 0 Å². The van der Waals surface area contributed by atoms with E-state index in [9.17, 15) is 5.11 Å². The molecule has 0 saturated heterocycles. The van der Waals surface area contributed by atoms with Gasteiger partial charge in [-0.3, -0.25) is 4.98 Å². The van der Waals surface area contributed by atoms with Gasteiger partial charge < -0.3 is 5.11 Å². The summed E-state index contributed by atoms with van der Waals surface area (Å²) in [4.78, 5) is 4.05. The second-order valence-electron chi connectivity index (χ2n) is 4.68. The Hall–Kier alpha value is -1.67. The molecule has 2 nitrogen and oxygen atoms in total. The van der Waals surface area contributed by atoms with E-state index in [2.05, 4.69) is 24.0 Å². The Morgan fingerprint density at radius 3 is 2.71 bits per heavy atom. The molecular weight excluding hydrogens is 210 g/mol. The molecule has 1 heterocycles. The summed E-state index contributed by atoms with van der Waals surface area (Å²) in [7, 11) is 0. The lowest BCUT2D eigenvalue weighted by molar-refractivity contribution is 0.0572. The van der Waals surface area contributed by atoms with Crippen LogP contribution in [-0.2, 0) is 12.0 Å². The van der Waals surface area contributed by atoms with Crippen molar-refractivity contribution in [3.8, 4) is 0 Å². The summed E-state index contributed by atoms with van der Waals surface area (Å²) in [5, 5.41) is 10.5. The van der Waals surface area contributed by atoms with Crippen LogP contribution in [0.25, 0.3) is 0 Å². The minimum absolute atomic E-state index is 0.598. The van der Waals surface area contributed by atoms with Crippen molar-refractivity contribution in [2.75, 3.05) is 0 Å². The van der Waals surface area contributed by atoms with Crippen molar-refractivity contribution in [1.29, 1.82) is 0 Å². The maximum absolute atomic E-state index is 10.5. The van der Waals surface area contributed by atoms with Gasteiger partial charge in [0.1, 0.15) is 0 Å². The van der Waals surface area contributed by atoms with E-state index in [0.717, 1.165) is 11.1 Å². The number of aryl methyl sites for hydroxylation is 1. The predicted molar refractivity (Wildman–Crippen MR) is 68.7 cm³/mol. The lowest BCUT2D eigenvalue weighted by atomic mass is 9.90. The van der Waals surface area contributed by atoms with Crippen molar-refractivity contribution in [2.45, 2.75) is 25.9 Å². The lowest BCUT2D eigenvalue weighted by Gasteiger charge is -2.23. The second kappa shape index (κ2) is 4.68. The second-order valence-corrected chi connectivity index (χ2v) is 4.68. The van der Waals surface area contributed by atoms with Crippen molar-refractivity contribution in [1.82, 2.24) is 4.98 Å². The summed E-state index contributed by atoms with van der Waals surface area (Å²) in [5.41, 5.74) is 2.33. The third-order valence-corrected chi connectivity index (χ3v) is 2.91. The van der Waals surface area contributed by atoms with Crippen LogP contribution in [0.2, 0.25) is 0 Å². The highest BCUT2D eigenvalue weighted by Crippen LogP contribution is 2.24. The van der Waals surface area contributed by atoms with Crippen LogP contribution in [0, 0.1) is 6.92 Å². The Morgan fingerprint density at radius 1 is 1.24 bits per heavy atom. The van der Waals surface area contributed by atoms with Crippen LogP contribution in [0.1, 0.15) is 23.6 Å². The number of aliphatic hydroxyl groups is 1. The van der Waals surface area contributed by atoms with Crippen LogP contribution in [0.3, 0.4) is 0 Å². The molecule has 0 aliphatic carbocycles. The van der Waals surface area contributed by atoms with Crippen molar-refractivity contribution in [3.63, 3.8) is 0 Å². The SMILES string of the molecule is Cc1cccc(CC(C)(O)c2cccnc2)c1. The quantitative estimate of drug-likeness (QED) is 0.874. The minimum Gasteiger partial charge on any atom is -0.385 e. The van der Waals surface area contributed by atoms with E-state index < -0.39 is 5.60 Å². The zero-order chi connectivity index (χ0) is 12.3. The van der Waals surface area contributed by atoms with Gasteiger partial charge in [-0.25, -0.2) is 0 Å². The van der Waals surface area contributed by atoms with Crippen molar-refractivity contribution in [3.05, 3.63) is 65.5 Å². The first-order valence-electron chi connectivity index (χ1n) is 5.76. The van der Waals surface area contributed by atoms with E-state index in [4.69, 9.17) is 0 Å². The Bertz CT molecular complexity index is 491. The number of benzene rings is 1. The van der Waals surface area contributed by atoms with E-state index in [1.807, 2.05) is 31.2 Å². The lowest BCUT2D eigenvalue weighted by Crippen LogP contribution is -2.24. The molecule has 2 aromatic rings. The molecule has 0 aliphatic heterocycles. The monoisotopic (exact) mass is 227 g/mol. The molecule has 1 aromatic carbocycles. The summed E-state index contributed by atoms with van der Waals surface area (Å²) in [6.45, 7) is 3.88. The zero-order valence-electron chi connectivity index (χ0n) is 10.2. The standard InChI is InChI=1S/C15H17NO/c1-12-5-3-6-13(9-12)10-15(2,17)14-7-4-8-16-11-14/h3-9,11,17H,10H2,1-2H3. The number of nitrogens with zero attached hydrogens (tertiary/aromatic N) is 1. The van der Waals surface area contributed by atoms with Crippen LogP contribution in [-0.4, -0.2) is 10.1 Å². The normalized spacial score (nSPS) is 14.3. The third-order valence-electron chi connectivity index (χ3n) is 2.91. The van der Waals surface area contributed by atoms with E-state index in [1.165, 1.54) is 5.56 Å². The predicted octanol–water partition coefficient (Wildman–Crippen LogP) is 2.84. The molecule has 17 heavy (non-hydrogen) atoms. The molecule has 88 valence electrons. The third kappa shape index (κ3) is 2.92. The average Bonchev–Trinajstić information content (AvgIpc) is 2.29. The van der Waals surface area contributed by atoms with Crippen LogP contribution >= 0.6 is 0 Å². The topological polar surface area (TPSA) is 33.1 Å². The minimum atomic E-state index is -0.873. The fourth-order valence-corrected chi connectivity index (χ4v) is 2.00. The van der Waals surface area contributed by atoms with E-state index in [-0.39, 0.29) is 0 Å². The molecular formula is C15H17NO. The van der Waals surface area contributed by atoms with Crippen LogP contribution in [0.5, 0.6) is 0 Å². The van der Waals surface area contributed by atoms with Crippen LogP contribution in [0.4, 0.5) is 0 Å². The number of hydrogen-bond donors (Lipinski definition) is 1. The van der Waals surface area contributed by atoms with Gasteiger partial charge in [-0.2, -0.15) is 0 Å². The highest BCUT2D eigenvalue weighted by atomic mass is 16.3. The van der Waals surface area contributed by atoms with Crippen molar-refractivity contribution < 1.29 is 5.11 Å². The highest BCUT2D eigenvalue weighted by molar-refractivity contribution is 5.27. The van der Waals surface area contributed by atoms with Crippen LogP contribution < -0.4 is 0 Å². The highest BCUT2D eigenvalue weighted by Gasteiger charge is 2.23. The van der Waals surface area contributed by atoms with Gasteiger partial charge in [-0.1, -0.05) is 35.9 Å². The van der Waals surface area contributed by atoms with Gasteiger partial charge in [-0.05, 0) is 25.5 Å². The molecule has 1 aromatic heterocycles. The summed E-state index contributed by atoms with van der Waals surface area (Å²) >= 11 is 0. The Balaban J connectivity index is 2.23. The molecule has 0 spiro atoms. The summed E-state index contributed by atoms with van der Waals surface area (Å²) in [5.74, 6) is 0. The smallest absolute Gasteiger partial charge is 0.0923 e. The maximum Gasteiger partial charge on any atom is 0.0923 e. The molecule has 0 saturated carbocycles. The maximum atomic E-state index is 10.5. The largest absolute Gasteiger partial charge is 0.385 e. The average molecular weight is 227 g/mol. The number of aromatic nitrogens is 1. The Morgan fingerprint density at radius 2 is 2.06 bits per heavy atom. The van der Waals surface area contributed by atoms with E-state index in [0.29, 0.717) is 6.42 Å². The molecule has 1 N–H and O–H groups in total. The summed E-state index contributed by atoms with van der Waals surface area (Å²) < 4.78 is 0. The van der Waals surface area contributed by atoms with Gasteiger partial charge in [0, 0.05) is 24.4 Å². The van der Waals surface area contributed by atoms with Gasteiger partial charge in [0.25, 0.3) is 0 Å². The summed E-state index contributed by atoms with van der Waals surface area (Å²) in [6, 6.07) is 12.0. The Kier molecular flexibility index (Phi) is 3.25. The fourth-order valence-electron chi connectivity index (χ4n) is 2.00. The van der Waals surface area contributed by atoms with Gasteiger partial charge in [0.15, 0.2) is 0 Å². The summed E-state index contributed by atoms with van der Waals surface area (Å²) in [6.07, 6.45) is 4.03. The van der Waals surface area contributed by atoms with Crippen molar-refractivity contribution in [2.24, 2.45) is 0 Å². The molecule has 0 radical (unpaired) electrons. The molecule has 2 rings (SSSR count). The van der Waals surface area contributed by atoms with Gasteiger partial charge in [-0.15, -0.1) is 0 Å². The van der Waals surface area contributed by atoms with Gasteiger partial charge in [0.05, 0.1) is 5.60 Å². The molecule has 0 fully saturated rings. The number of rotatable bonds is 3. The number of pyridine rings is 1. The first-order chi connectivity index (χ1) is 8.08. The van der Waals surface area contributed by atoms with Crippen LogP contribution in [0.15, 0.2) is 48.8 Å². The van der Waals surface area contributed by atoms with Gasteiger partial charge >= 0.3 is 0 Å². The zero-order valence-corrected chi connectivity index (χ0v) is 10.2. The number of hydrogen-bond acceptors (Lipinski definition) is 2. The van der Waals surface area contributed by atoms with E-state index in [1.54, 1.807) is 12.4 Å². The Labute approximate surface area is 102 Å². The first-order valence-corrected chi connectivity index (χ1v) is 5.76. The molecule has 0 aliphatic rings. The van der Waals surface area contributed by atoms with Crippen molar-refractivity contribution >= 4 is 0 Å².